The summed E-state index contributed by atoms with van der Waals surface area (Å²) < 4.78 is 38.2. The summed E-state index contributed by atoms with van der Waals surface area (Å²) in [5, 5.41) is 22.7. The first-order chi connectivity index (χ1) is 12.7. The number of carbonyl (C=O) groups is 3. The highest BCUT2D eigenvalue weighted by Crippen LogP contribution is 2.36. The van der Waals surface area contributed by atoms with Crippen LogP contribution in [0.4, 0.5) is 4.79 Å². The topological polar surface area (TPSA) is 166 Å². The maximum atomic E-state index is 12.0. The van der Waals surface area contributed by atoms with Crippen LogP contribution in [0.5, 0.6) is 0 Å². The van der Waals surface area contributed by atoms with Gasteiger partial charge >= 0.3 is 12.1 Å². The first-order valence-corrected chi connectivity index (χ1v) is 10.2. The van der Waals surface area contributed by atoms with E-state index in [0.717, 1.165) is 6.92 Å². The van der Waals surface area contributed by atoms with Crippen LogP contribution in [0.15, 0.2) is 0 Å². The second-order valence-corrected chi connectivity index (χ2v) is 8.52. The minimum atomic E-state index is -4.04. The van der Waals surface area contributed by atoms with E-state index in [1.165, 1.54) is 27.7 Å². The molecule has 3 N–H and O–H groups in total. The lowest BCUT2D eigenvalue weighted by molar-refractivity contribution is -0.197. The zero-order valence-electron chi connectivity index (χ0n) is 16.7. The third kappa shape index (κ3) is 7.60. The number of amides is 1. The summed E-state index contributed by atoms with van der Waals surface area (Å²) in [5.41, 5.74) is -4.33. The standard InChI is InChI=1S/C16H29NO10S/c1-6-25-14(21)27-11(2)16(22,13(19)20)15(4,5)10-26-28(23,24)9-7-8-17-12(3)18/h11,22H,6-10H2,1-5H3,(H,17,18)(H,19,20)/t11-,16+/m0/s1. The molecule has 12 heteroatoms. The molecule has 0 heterocycles. The quantitative estimate of drug-likeness (QED) is 0.223. The van der Waals surface area contributed by atoms with Crippen molar-refractivity contribution < 1.29 is 46.7 Å². The van der Waals surface area contributed by atoms with Gasteiger partial charge in [-0.3, -0.25) is 8.98 Å². The average molecular weight is 427 g/mol. The van der Waals surface area contributed by atoms with Crippen molar-refractivity contribution in [1.29, 1.82) is 0 Å². The van der Waals surface area contributed by atoms with Crippen LogP contribution in [0.3, 0.4) is 0 Å². The van der Waals surface area contributed by atoms with Crippen molar-refractivity contribution in [1.82, 2.24) is 5.32 Å². The molecule has 2 atom stereocenters. The van der Waals surface area contributed by atoms with Crippen molar-refractivity contribution in [3.63, 3.8) is 0 Å². The van der Waals surface area contributed by atoms with Gasteiger partial charge in [-0.1, -0.05) is 13.8 Å². The average Bonchev–Trinajstić information content (AvgIpc) is 2.56. The fourth-order valence-corrected chi connectivity index (χ4v) is 3.40. The Labute approximate surface area is 164 Å². The van der Waals surface area contributed by atoms with Gasteiger partial charge in [-0.05, 0) is 20.3 Å². The number of ether oxygens (including phenoxy) is 2. The van der Waals surface area contributed by atoms with Crippen LogP contribution in [0.1, 0.15) is 41.0 Å². The molecule has 0 aliphatic rings. The Bertz CT molecular complexity index is 660. The predicted octanol–water partition coefficient (Wildman–Crippen LogP) is 0.263. The SMILES string of the molecule is CCOC(=O)O[C@@H](C)[C@@](O)(C(=O)O)C(C)(C)COS(=O)(=O)CCCNC(C)=O. The summed E-state index contributed by atoms with van der Waals surface area (Å²) in [4.78, 5) is 33.9. The molecule has 0 saturated carbocycles. The number of carboxylic acid groups (broad SMARTS) is 1. The number of aliphatic carboxylic acids is 1. The lowest BCUT2D eigenvalue weighted by atomic mass is 9.72. The molecule has 0 aromatic carbocycles. The Hall–Kier alpha value is -1.92. The first kappa shape index (κ1) is 26.1. The summed E-state index contributed by atoms with van der Waals surface area (Å²) in [6.07, 6.45) is -2.64. The van der Waals surface area contributed by atoms with Crippen molar-refractivity contribution in [2.24, 2.45) is 5.41 Å². The van der Waals surface area contributed by atoms with Gasteiger partial charge in [0, 0.05) is 18.9 Å². The van der Waals surface area contributed by atoms with Gasteiger partial charge in [-0.15, -0.1) is 0 Å². The smallest absolute Gasteiger partial charge is 0.479 e. The van der Waals surface area contributed by atoms with Gasteiger partial charge in [0.1, 0.15) is 6.10 Å². The maximum absolute atomic E-state index is 12.0. The molecule has 11 nitrogen and oxygen atoms in total. The van der Waals surface area contributed by atoms with E-state index >= 15 is 0 Å². The number of aliphatic hydroxyl groups is 1. The van der Waals surface area contributed by atoms with Crippen LogP contribution in [0.25, 0.3) is 0 Å². The molecule has 0 aliphatic carbocycles. The van der Waals surface area contributed by atoms with Gasteiger partial charge in [-0.2, -0.15) is 8.42 Å². The maximum Gasteiger partial charge on any atom is 0.508 e. The molecule has 0 radical (unpaired) electrons. The Balaban J connectivity index is 5.14. The van der Waals surface area contributed by atoms with Gasteiger partial charge in [0.15, 0.2) is 0 Å². The highest BCUT2D eigenvalue weighted by molar-refractivity contribution is 7.86. The van der Waals surface area contributed by atoms with Crippen LogP contribution in [0.2, 0.25) is 0 Å². The van der Waals surface area contributed by atoms with Crippen molar-refractivity contribution >= 4 is 28.1 Å². The van der Waals surface area contributed by atoms with Gasteiger partial charge in [0.05, 0.1) is 19.0 Å². The van der Waals surface area contributed by atoms with E-state index < -0.39 is 51.7 Å². The largest absolute Gasteiger partial charge is 0.508 e. The number of carboxylic acids is 1. The fourth-order valence-electron chi connectivity index (χ4n) is 2.31. The van der Waals surface area contributed by atoms with Crippen LogP contribution < -0.4 is 5.32 Å². The number of hydrogen-bond donors (Lipinski definition) is 3. The summed E-state index contributed by atoms with van der Waals surface area (Å²) in [5.74, 6) is -2.44. The van der Waals surface area contributed by atoms with Gasteiger partial charge in [0.2, 0.25) is 11.5 Å². The summed E-state index contributed by atoms with van der Waals surface area (Å²) in [6, 6.07) is 0. The van der Waals surface area contributed by atoms with Gasteiger partial charge < -0.3 is 25.0 Å². The van der Waals surface area contributed by atoms with Crippen molar-refractivity contribution in [2.75, 3.05) is 25.5 Å². The van der Waals surface area contributed by atoms with Crippen LogP contribution in [-0.4, -0.2) is 73.9 Å². The zero-order valence-corrected chi connectivity index (χ0v) is 17.5. The highest BCUT2D eigenvalue weighted by atomic mass is 32.2. The second kappa shape index (κ2) is 10.6. The minimum absolute atomic E-state index is 0.0136. The highest BCUT2D eigenvalue weighted by Gasteiger charge is 2.56. The molecule has 1 amide bonds. The molecule has 0 rings (SSSR count). The van der Waals surface area contributed by atoms with E-state index in [0.29, 0.717) is 0 Å². The Kier molecular flexibility index (Phi) is 9.85. The number of hydrogen-bond acceptors (Lipinski definition) is 9. The minimum Gasteiger partial charge on any atom is -0.479 e. The zero-order chi connectivity index (χ0) is 22.2. The Morgan fingerprint density at radius 3 is 2.25 bits per heavy atom. The number of nitrogens with one attached hydrogen (secondary N) is 1. The molecular formula is C16H29NO10S. The van der Waals surface area contributed by atoms with E-state index in [1.54, 1.807) is 0 Å². The van der Waals surface area contributed by atoms with Crippen molar-refractivity contribution in [3.8, 4) is 0 Å². The van der Waals surface area contributed by atoms with Crippen LogP contribution >= 0.6 is 0 Å². The lowest BCUT2D eigenvalue weighted by Gasteiger charge is -2.41. The monoisotopic (exact) mass is 427 g/mol. The second-order valence-electron chi connectivity index (χ2n) is 6.76. The third-order valence-electron chi connectivity index (χ3n) is 4.03. The third-order valence-corrected chi connectivity index (χ3v) is 5.29. The molecule has 28 heavy (non-hydrogen) atoms. The summed E-state index contributed by atoms with van der Waals surface area (Å²) in [6.45, 7) is 5.91. The molecule has 0 spiro atoms. The molecular weight excluding hydrogens is 398 g/mol. The van der Waals surface area contributed by atoms with Gasteiger partial charge in [-0.25, -0.2) is 9.59 Å². The van der Waals surface area contributed by atoms with E-state index in [-0.39, 0.29) is 25.5 Å². The van der Waals surface area contributed by atoms with Crippen LogP contribution in [0, 0.1) is 5.41 Å². The Morgan fingerprint density at radius 2 is 1.79 bits per heavy atom. The van der Waals surface area contributed by atoms with Crippen molar-refractivity contribution in [3.05, 3.63) is 0 Å². The van der Waals surface area contributed by atoms with E-state index in [4.69, 9.17) is 8.92 Å². The molecule has 0 aromatic heterocycles. The number of carbonyl (C=O) groups excluding carboxylic acids is 2. The molecule has 164 valence electrons. The van der Waals surface area contributed by atoms with E-state index in [1.807, 2.05) is 0 Å². The molecule has 0 fully saturated rings. The fraction of sp³-hybridized carbons (Fsp3) is 0.812. The van der Waals surface area contributed by atoms with E-state index in [9.17, 15) is 33.0 Å². The summed E-state index contributed by atoms with van der Waals surface area (Å²) in [7, 11) is -4.04. The number of rotatable bonds is 12. The van der Waals surface area contributed by atoms with Gasteiger partial charge in [0.25, 0.3) is 10.1 Å². The normalized spacial score (nSPS) is 15.2. The lowest BCUT2D eigenvalue weighted by Crippen LogP contribution is -2.61. The molecule has 0 aliphatic heterocycles. The van der Waals surface area contributed by atoms with Crippen LogP contribution in [-0.2, 0) is 33.4 Å². The van der Waals surface area contributed by atoms with E-state index in [2.05, 4.69) is 10.1 Å². The first-order valence-electron chi connectivity index (χ1n) is 8.60. The molecule has 0 bridgehead atoms. The van der Waals surface area contributed by atoms with Crippen molar-refractivity contribution in [2.45, 2.75) is 52.7 Å². The molecule has 0 saturated heterocycles. The predicted molar refractivity (Wildman–Crippen MR) is 97.0 cm³/mol. The molecule has 0 aromatic rings. The Morgan fingerprint density at radius 1 is 1.21 bits per heavy atom. The summed E-state index contributed by atoms with van der Waals surface area (Å²) >= 11 is 0. The molecule has 0 unspecified atom stereocenters.